The number of rotatable bonds is 6. The molecule has 0 saturated heterocycles. The normalized spacial score (nSPS) is 11.4. The van der Waals surface area contributed by atoms with Gasteiger partial charge in [-0.3, -0.25) is 5.10 Å². The quantitative estimate of drug-likeness (QED) is 0.678. The Morgan fingerprint density at radius 2 is 2.25 bits per heavy atom. The Labute approximate surface area is 117 Å². The molecule has 2 aromatic rings. The Morgan fingerprint density at radius 1 is 1.45 bits per heavy atom. The lowest BCUT2D eigenvalue weighted by atomic mass is 10.2. The van der Waals surface area contributed by atoms with Crippen molar-refractivity contribution >= 4 is 15.8 Å². The number of benzene rings is 1. The number of nitrogens with two attached hydrogens (primary N) is 1. The molecule has 1 aromatic carbocycles. The van der Waals surface area contributed by atoms with Gasteiger partial charge in [0.25, 0.3) is 0 Å². The van der Waals surface area contributed by atoms with Crippen LogP contribution in [-0.4, -0.2) is 31.8 Å². The summed E-state index contributed by atoms with van der Waals surface area (Å²) in [5, 5.41) is 5.95. The summed E-state index contributed by atoms with van der Waals surface area (Å²) in [6.07, 6.45) is 1.17. The molecule has 7 nitrogen and oxygen atoms in total. The highest BCUT2D eigenvalue weighted by atomic mass is 32.2. The van der Waals surface area contributed by atoms with E-state index in [1.54, 1.807) is 0 Å². The number of hydrogen-bond acceptors (Lipinski definition) is 5. The molecule has 0 amide bonds. The summed E-state index contributed by atoms with van der Waals surface area (Å²) >= 11 is 0. The summed E-state index contributed by atoms with van der Waals surface area (Å²) in [5.41, 5.74) is 6.55. The Bertz CT molecular complexity index is 682. The maximum absolute atomic E-state index is 11.9. The van der Waals surface area contributed by atoms with E-state index in [1.807, 2.05) is 31.2 Å². The highest BCUT2D eigenvalue weighted by molar-refractivity contribution is 7.89. The van der Waals surface area contributed by atoms with Crippen molar-refractivity contribution < 1.29 is 13.2 Å². The molecule has 0 bridgehead atoms. The molecule has 4 N–H and O–H groups in total. The molecule has 0 saturated carbocycles. The van der Waals surface area contributed by atoms with Crippen LogP contribution in [0, 0.1) is 6.92 Å². The number of ether oxygens (including phenoxy) is 1. The molecule has 20 heavy (non-hydrogen) atoms. The van der Waals surface area contributed by atoms with E-state index in [9.17, 15) is 8.42 Å². The number of sulfonamides is 1. The van der Waals surface area contributed by atoms with Crippen molar-refractivity contribution in [2.75, 3.05) is 18.9 Å². The number of nitrogen functional groups attached to an aromatic ring is 1. The summed E-state index contributed by atoms with van der Waals surface area (Å²) in [4.78, 5) is -0.0620. The number of H-pyrrole nitrogens is 1. The van der Waals surface area contributed by atoms with Gasteiger partial charge < -0.3 is 10.5 Å². The standard InChI is InChI=1S/C12H16N4O3S/c1-9-3-2-4-10(7-9)19-6-5-15-20(17,18)11-8-14-16-12(11)13/h2-4,7-8,15H,5-6H2,1H3,(H3,13,14,16). The van der Waals surface area contributed by atoms with Crippen LogP contribution in [0.2, 0.25) is 0 Å². The number of aromatic amines is 1. The lowest BCUT2D eigenvalue weighted by Gasteiger charge is -2.08. The SMILES string of the molecule is Cc1cccc(OCCNS(=O)(=O)c2cn[nH]c2N)c1. The zero-order valence-electron chi connectivity index (χ0n) is 11.0. The van der Waals surface area contributed by atoms with E-state index >= 15 is 0 Å². The average Bonchev–Trinajstić information content (AvgIpc) is 2.82. The molecule has 0 spiro atoms. The van der Waals surface area contributed by atoms with Crippen LogP contribution >= 0.6 is 0 Å². The minimum Gasteiger partial charge on any atom is -0.492 e. The number of aryl methyl sites for hydroxylation is 1. The summed E-state index contributed by atoms with van der Waals surface area (Å²) in [6.45, 7) is 2.32. The van der Waals surface area contributed by atoms with E-state index in [0.717, 1.165) is 5.56 Å². The fourth-order valence-corrected chi connectivity index (χ4v) is 2.66. The van der Waals surface area contributed by atoms with Crippen LogP contribution in [0.1, 0.15) is 5.56 Å². The van der Waals surface area contributed by atoms with Gasteiger partial charge in [-0.1, -0.05) is 12.1 Å². The third-order valence-electron chi connectivity index (χ3n) is 2.57. The molecule has 0 unspecified atom stereocenters. The van der Waals surface area contributed by atoms with Crippen molar-refractivity contribution in [1.82, 2.24) is 14.9 Å². The van der Waals surface area contributed by atoms with Gasteiger partial charge in [-0.25, -0.2) is 13.1 Å². The lowest BCUT2D eigenvalue weighted by Crippen LogP contribution is -2.28. The molecule has 0 aliphatic rings. The van der Waals surface area contributed by atoms with Gasteiger partial charge in [-0.05, 0) is 24.6 Å². The molecule has 0 radical (unpaired) electrons. The molecule has 1 aromatic heterocycles. The Balaban J connectivity index is 1.86. The van der Waals surface area contributed by atoms with Gasteiger partial charge in [-0.15, -0.1) is 0 Å². The van der Waals surface area contributed by atoms with Crippen LogP contribution in [0.25, 0.3) is 0 Å². The van der Waals surface area contributed by atoms with Gasteiger partial charge in [-0.2, -0.15) is 5.10 Å². The van der Waals surface area contributed by atoms with Crippen LogP contribution in [-0.2, 0) is 10.0 Å². The molecule has 8 heteroatoms. The first-order chi connectivity index (χ1) is 9.49. The number of aromatic nitrogens is 2. The fourth-order valence-electron chi connectivity index (χ4n) is 1.63. The first-order valence-corrected chi connectivity index (χ1v) is 7.45. The Kier molecular flexibility index (Phi) is 4.26. The summed E-state index contributed by atoms with van der Waals surface area (Å²) < 4.78 is 31.6. The second-order valence-electron chi connectivity index (χ2n) is 4.21. The van der Waals surface area contributed by atoms with E-state index in [1.165, 1.54) is 6.20 Å². The Hall–Kier alpha value is -2.06. The third kappa shape index (κ3) is 3.49. The number of anilines is 1. The predicted molar refractivity (Wildman–Crippen MR) is 74.9 cm³/mol. The van der Waals surface area contributed by atoms with Crippen LogP contribution in [0.4, 0.5) is 5.82 Å². The molecule has 0 fully saturated rings. The number of nitrogens with one attached hydrogen (secondary N) is 2. The van der Waals surface area contributed by atoms with Gasteiger partial charge in [0.05, 0.1) is 6.20 Å². The van der Waals surface area contributed by atoms with Crippen LogP contribution in [0.3, 0.4) is 0 Å². The zero-order valence-corrected chi connectivity index (χ0v) is 11.8. The zero-order chi connectivity index (χ0) is 14.6. The van der Waals surface area contributed by atoms with Gasteiger partial charge in [0.1, 0.15) is 23.1 Å². The minimum absolute atomic E-state index is 0.0112. The summed E-state index contributed by atoms with van der Waals surface area (Å²) in [6, 6.07) is 7.52. The van der Waals surface area contributed by atoms with E-state index in [2.05, 4.69) is 14.9 Å². The topological polar surface area (TPSA) is 110 Å². The van der Waals surface area contributed by atoms with Gasteiger partial charge in [0.2, 0.25) is 10.0 Å². The molecule has 2 rings (SSSR count). The maximum atomic E-state index is 11.9. The molecular weight excluding hydrogens is 280 g/mol. The van der Waals surface area contributed by atoms with Crippen molar-refractivity contribution in [2.24, 2.45) is 0 Å². The minimum atomic E-state index is -3.66. The van der Waals surface area contributed by atoms with Gasteiger partial charge >= 0.3 is 0 Å². The molecule has 0 atom stereocenters. The van der Waals surface area contributed by atoms with Crippen LogP contribution in [0.5, 0.6) is 5.75 Å². The molecule has 1 heterocycles. The lowest BCUT2D eigenvalue weighted by molar-refractivity contribution is 0.322. The van der Waals surface area contributed by atoms with Gasteiger partial charge in [0.15, 0.2) is 0 Å². The third-order valence-corrected chi connectivity index (χ3v) is 4.06. The predicted octanol–water partition coefficient (Wildman–Crippen LogP) is 0.658. The maximum Gasteiger partial charge on any atom is 0.245 e. The number of nitrogens with zero attached hydrogens (tertiary/aromatic N) is 1. The van der Waals surface area contributed by atoms with Crippen LogP contribution < -0.4 is 15.2 Å². The second kappa shape index (κ2) is 5.93. The van der Waals surface area contributed by atoms with E-state index in [4.69, 9.17) is 10.5 Å². The van der Waals surface area contributed by atoms with Gasteiger partial charge in [0, 0.05) is 6.54 Å². The van der Waals surface area contributed by atoms with Crippen molar-refractivity contribution in [3.05, 3.63) is 36.0 Å². The number of hydrogen-bond donors (Lipinski definition) is 3. The average molecular weight is 296 g/mol. The fraction of sp³-hybridized carbons (Fsp3) is 0.250. The summed E-state index contributed by atoms with van der Waals surface area (Å²) in [5.74, 6) is 0.712. The van der Waals surface area contributed by atoms with E-state index in [-0.39, 0.29) is 23.9 Å². The van der Waals surface area contributed by atoms with Crippen molar-refractivity contribution in [3.63, 3.8) is 0 Å². The smallest absolute Gasteiger partial charge is 0.245 e. The molecular formula is C12H16N4O3S. The van der Waals surface area contributed by atoms with Crippen molar-refractivity contribution in [2.45, 2.75) is 11.8 Å². The first kappa shape index (κ1) is 14.4. The molecule has 0 aliphatic carbocycles. The summed E-state index contributed by atoms with van der Waals surface area (Å²) in [7, 11) is -3.66. The largest absolute Gasteiger partial charge is 0.492 e. The van der Waals surface area contributed by atoms with Crippen LogP contribution in [0.15, 0.2) is 35.4 Å². The van der Waals surface area contributed by atoms with Crippen molar-refractivity contribution in [3.8, 4) is 5.75 Å². The van der Waals surface area contributed by atoms with Crippen molar-refractivity contribution in [1.29, 1.82) is 0 Å². The first-order valence-electron chi connectivity index (χ1n) is 5.97. The van der Waals surface area contributed by atoms with E-state index < -0.39 is 10.0 Å². The van der Waals surface area contributed by atoms with E-state index in [0.29, 0.717) is 5.75 Å². The second-order valence-corrected chi connectivity index (χ2v) is 5.95. The highest BCUT2D eigenvalue weighted by Gasteiger charge is 2.18. The highest BCUT2D eigenvalue weighted by Crippen LogP contribution is 2.14. The monoisotopic (exact) mass is 296 g/mol. The molecule has 0 aliphatic heterocycles. The Morgan fingerprint density at radius 3 is 2.90 bits per heavy atom. The molecule has 108 valence electrons.